The molecule has 1 aliphatic rings. The van der Waals surface area contributed by atoms with Crippen molar-refractivity contribution in [1.29, 1.82) is 0 Å². The van der Waals surface area contributed by atoms with Crippen molar-refractivity contribution in [3.63, 3.8) is 0 Å². The Labute approximate surface area is 75.3 Å². The summed E-state index contributed by atoms with van der Waals surface area (Å²) in [5.74, 6) is 0.197. The summed E-state index contributed by atoms with van der Waals surface area (Å²) in [6.45, 7) is 1.82. The lowest BCUT2D eigenvalue weighted by atomic mass is 9.83. The van der Waals surface area contributed by atoms with Crippen LogP contribution in [0.25, 0.3) is 0 Å². The molecule has 2 atom stereocenters. The summed E-state index contributed by atoms with van der Waals surface area (Å²) < 4.78 is 0. The van der Waals surface area contributed by atoms with E-state index in [0.717, 1.165) is 19.3 Å². The third kappa shape index (κ3) is 1.59. The van der Waals surface area contributed by atoms with Gasteiger partial charge in [-0.05, 0) is 12.8 Å². The monoisotopic (exact) mass is 186 g/mol. The molecule has 12 heavy (non-hydrogen) atoms. The Balaban J connectivity index is 2.79. The molecule has 3 heteroatoms. The van der Waals surface area contributed by atoms with Crippen LogP contribution in [0.1, 0.15) is 39.0 Å². The van der Waals surface area contributed by atoms with Crippen molar-refractivity contribution in [2.75, 3.05) is 0 Å². The van der Waals surface area contributed by atoms with E-state index in [9.17, 15) is 9.59 Å². The smallest absolute Gasteiger partial charge is 0.150 e. The topological polar surface area (TPSA) is 34.1 Å². The van der Waals surface area contributed by atoms with E-state index < -0.39 is 5.16 Å². The lowest BCUT2D eigenvalue weighted by Gasteiger charge is -2.29. The van der Waals surface area contributed by atoms with Crippen LogP contribution in [-0.2, 0) is 9.59 Å². The van der Waals surface area contributed by atoms with Crippen molar-refractivity contribution >= 4 is 20.8 Å². The van der Waals surface area contributed by atoms with E-state index in [0.29, 0.717) is 12.8 Å². The fourth-order valence-electron chi connectivity index (χ4n) is 1.66. The van der Waals surface area contributed by atoms with Gasteiger partial charge in [-0.1, -0.05) is 13.3 Å². The van der Waals surface area contributed by atoms with E-state index in [1.54, 1.807) is 0 Å². The van der Waals surface area contributed by atoms with Gasteiger partial charge in [0.2, 0.25) is 0 Å². The Kier molecular flexibility index (Phi) is 3.00. The molecule has 1 aliphatic carbocycles. The van der Waals surface area contributed by atoms with E-state index in [4.69, 9.17) is 0 Å². The zero-order valence-corrected chi connectivity index (χ0v) is 8.58. The van der Waals surface area contributed by atoms with E-state index in [2.05, 4.69) is 9.24 Å². The number of hydrogen-bond acceptors (Lipinski definition) is 2. The van der Waals surface area contributed by atoms with Crippen LogP contribution in [0, 0.1) is 0 Å². The Morgan fingerprint density at radius 3 is 2.75 bits per heavy atom. The number of Topliss-reactive ketones (excluding diaryl/α,β-unsaturated/α-hetero) is 2. The van der Waals surface area contributed by atoms with Crippen LogP contribution in [0.5, 0.6) is 0 Å². The van der Waals surface area contributed by atoms with E-state index in [-0.39, 0.29) is 11.6 Å². The average molecular weight is 186 g/mol. The van der Waals surface area contributed by atoms with Crippen LogP contribution in [0.15, 0.2) is 0 Å². The van der Waals surface area contributed by atoms with Gasteiger partial charge in [-0.25, -0.2) is 0 Å². The first-order chi connectivity index (χ1) is 5.61. The minimum absolute atomic E-state index is 0.0807. The van der Waals surface area contributed by atoms with Crippen LogP contribution >= 0.6 is 9.24 Å². The number of ketones is 2. The number of hydrogen-bond donors (Lipinski definition) is 0. The molecule has 1 fully saturated rings. The lowest BCUT2D eigenvalue weighted by molar-refractivity contribution is -0.131. The molecule has 0 N–H and O–H groups in total. The average Bonchev–Trinajstić information content (AvgIpc) is 2.09. The van der Waals surface area contributed by atoms with Crippen molar-refractivity contribution < 1.29 is 9.59 Å². The molecule has 1 rings (SSSR count). The third-order valence-electron chi connectivity index (χ3n) is 2.54. The molecule has 68 valence electrons. The maximum absolute atomic E-state index is 11.5. The molecule has 0 bridgehead atoms. The summed E-state index contributed by atoms with van der Waals surface area (Å²) in [6.07, 6.45) is 3.72. The zero-order chi connectivity index (χ0) is 9.19. The van der Waals surface area contributed by atoms with Gasteiger partial charge < -0.3 is 0 Å². The molecule has 1 saturated carbocycles. The minimum Gasteiger partial charge on any atom is -0.298 e. The molecular formula is C9H15O2P. The zero-order valence-electron chi connectivity index (χ0n) is 7.43. The summed E-state index contributed by atoms with van der Waals surface area (Å²) in [7, 11) is 2.46. The maximum atomic E-state index is 11.5. The standard InChI is InChI=1S/C9H15O2P/c1-2-7(10)9(12)6-4-3-5-8(9)11/h2-6,12H2,1H3. The van der Waals surface area contributed by atoms with Gasteiger partial charge in [-0.2, -0.15) is 0 Å². The van der Waals surface area contributed by atoms with Gasteiger partial charge in [-0.3, -0.25) is 9.59 Å². The quantitative estimate of drug-likeness (QED) is 0.486. The van der Waals surface area contributed by atoms with Crippen molar-refractivity contribution in [1.82, 2.24) is 0 Å². The van der Waals surface area contributed by atoms with Gasteiger partial charge in [-0.15, -0.1) is 9.24 Å². The van der Waals surface area contributed by atoms with E-state index >= 15 is 0 Å². The van der Waals surface area contributed by atoms with Crippen molar-refractivity contribution in [3.8, 4) is 0 Å². The van der Waals surface area contributed by atoms with Crippen molar-refractivity contribution in [2.45, 2.75) is 44.2 Å². The predicted molar refractivity (Wildman–Crippen MR) is 51.2 cm³/mol. The molecule has 0 amide bonds. The first-order valence-electron chi connectivity index (χ1n) is 4.46. The van der Waals surface area contributed by atoms with Crippen molar-refractivity contribution in [2.24, 2.45) is 0 Å². The van der Waals surface area contributed by atoms with Gasteiger partial charge in [0.05, 0.1) is 0 Å². The highest BCUT2D eigenvalue weighted by Gasteiger charge is 2.40. The Morgan fingerprint density at radius 1 is 1.58 bits per heavy atom. The number of carbonyl (C=O) groups is 2. The molecule has 0 spiro atoms. The van der Waals surface area contributed by atoms with Crippen LogP contribution in [0.3, 0.4) is 0 Å². The van der Waals surface area contributed by atoms with Crippen LogP contribution in [0.4, 0.5) is 0 Å². The van der Waals surface area contributed by atoms with Gasteiger partial charge in [0.25, 0.3) is 0 Å². The normalized spacial score (nSPS) is 30.3. The third-order valence-corrected chi connectivity index (χ3v) is 3.47. The second-order valence-corrected chi connectivity index (χ2v) is 4.36. The highest BCUT2D eigenvalue weighted by atomic mass is 31.0. The summed E-state index contributed by atoms with van der Waals surface area (Å²) in [5, 5.41) is -0.715. The Bertz CT molecular complexity index is 203. The molecule has 2 unspecified atom stereocenters. The lowest BCUT2D eigenvalue weighted by Crippen LogP contribution is -2.42. The largest absolute Gasteiger partial charge is 0.298 e. The van der Waals surface area contributed by atoms with Gasteiger partial charge >= 0.3 is 0 Å². The molecule has 0 saturated heterocycles. The molecule has 0 aromatic carbocycles. The summed E-state index contributed by atoms with van der Waals surface area (Å²) in [5.41, 5.74) is 0. The second-order valence-electron chi connectivity index (χ2n) is 3.38. The van der Waals surface area contributed by atoms with Gasteiger partial charge in [0.15, 0.2) is 0 Å². The van der Waals surface area contributed by atoms with Crippen molar-refractivity contribution in [3.05, 3.63) is 0 Å². The minimum atomic E-state index is -0.715. The molecule has 2 nitrogen and oxygen atoms in total. The first kappa shape index (κ1) is 9.85. The summed E-state index contributed by atoms with van der Waals surface area (Å²) in [6, 6.07) is 0. The van der Waals surface area contributed by atoms with E-state index in [1.165, 1.54) is 0 Å². The van der Waals surface area contributed by atoms with E-state index in [1.807, 2.05) is 6.92 Å². The van der Waals surface area contributed by atoms with Crippen LogP contribution in [-0.4, -0.2) is 16.7 Å². The number of carbonyl (C=O) groups excluding carboxylic acids is 2. The van der Waals surface area contributed by atoms with Crippen LogP contribution in [0.2, 0.25) is 0 Å². The molecule has 0 aromatic heterocycles. The number of rotatable bonds is 2. The molecular weight excluding hydrogens is 171 g/mol. The predicted octanol–water partition coefficient (Wildman–Crippen LogP) is 1.72. The molecule has 0 radical (unpaired) electrons. The summed E-state index contributed by atoms with van der Waals surface area (Å²) >= 11 is 0. The molecule has 0 aromatic rings. The highest BCUT2D eigenvalue weighted by molar-refractivity contribution is 7.23. The van der Waals surface area contributed by atoms with Gasteiger partial charge in [0, 0.05) is 12.8 Å². The van der Waals surface area contributed by atoms with Crippen LogP contribution < -0.4 is 0 Å². The second kappa shape index (κ2) is 3.66. The Hall–Kier alpha value is -0.230. The fraction of sp³-hybridized carbons (Fsp3) is 0.778. The molecule has 0 aliphatic heterocycles. The summed E-state index contributed by atoms with van der Waals surface area (Å²) in [4.78, 5) is 22.9. The highest BCUT2D eigenvalue weighted by Crippen LogP contribution is 2.34. The fourth-order valence-corrected chi connectivity index (χ4v) is 2.21. The molecule has 0 heterocycles. The maximum Gasteiger partial charge on any atom is 0.150 e. The SMILES string of the molecule is CCC(=O)C1(P)CCCCC1=O. The first-order valence-corrected chi connectivity index (χ1v) is 5.04. The Morgan fingerprint density at radius 2 is 2.25 bits per heavy atom. The van der Waals surface area contributed by atoms with Gasteiger partial charge in [0.1, 0.15) is 16.7 Å².